The molecule has 0 fully saturated rings. The van der Waals surface area contributed by atoms with Crippen molar-refractivity contribution in [2.24, 2.45) is 11.8 Å². The van der Waals surface area contributed by atoms with Gasteiger partial charge in [-0.2, -0.15) is 5.26 Å². The quantitative estimate of drug-likeness (QED) is 0.702. The molecule has 2 heteroatoms. The van der Waals surface area contributed by atoms with Gasteiger partial charge in [-0.3, -0.25) is 4.79 Å². The van der Waals surface area contributed by atoms with E-state index in [0.717, 1.165) is 0 Å². The van der Waals surface area contributed by atoms with E-state index in [1.54, 1.807) is 12.1 Å². The van der Waals surface area contributed by atoms with Crippen LogP contribution < -0.4 is 0 Å². The first kappa shape index (κ1) is 11.5. The molecule has 0 aliphatic rings. The van der Waals surface area contributed by atoms with Crippen molar-refractivity contribution in [2.75, 3.05) is 0 Å². The highest BCUT2D eigenvalue weighted by Crippen LogP contribution is 2.20. The predicted molar refractivity (Wildman–Crippen MR) is 59.3 cm³/mol. The summed E-state index contributed by atoms with van der Waals surface area (Å²) in [5, 5.41) is 8.68. The standard InChI is InChI=1S/C13H15NO/c1-10(2)12(8-9-14)13(15)11-6-4-3-5-7-11/h3-7,10,12H,8H2,1-2H3. The van der Waals surface area contributed by atoms with Gasteiger partial charge in [0.15, 0.2) is 5.78 Å². The highest BCUT2D eigenvalue weighted by Gasteiger charge is 2.22. The van der Waals surface area contributed by atoms with E-state index < -0.39 is 0 Å². The van der Waals surface area contributed by atoms with Crippen molar-refractivity contribution in [3.8, 4) is 6.07 Å². The summed E-state index contributed by atoms with van der Waals surface area (Å²) in [6.07, 6.45) is 0.297. The van der Waals surface area contributed by atoms with Gasteiger partial charge in [0.05, 0.1) is 6.07 Å². The van der Waals surface area contributed by atoms with E-state index in [-0.39, 0.29) is 17.6 Å². The number of rotatable bonds is 4. The molecule has 1 rings (SSSR count). The van der Waals surface area contributed by atoms with Crippen LogP contribution in [0.15, 0.2) is 30.3 Å². The lowest BCUT2D eigenvalue weighted by Gasteiger charge is -2.16. The number of benzene rings is 1. The summed E-state index contributed by atoms with van der Waals surface area (Å²) < 4.78 is 0. The second-order valence-electron chi connectivity index (χ2n) is 3.94. The van der Waals surface area contributed by atoms with E-state index in [9.17, 15) is 4.79 Å². The monoisotopic (exact) mass is 201 g/mol. The molecule has 0 bridgehead atoms. The maximum Gasteiger partial charge on any atom is 0.167 e. The second kappa shape index (κ2) is 5.31. The maximum absolute atomic E-state index is 12.0. The van der Waals surface area contributed by atoms with Crippen molar-refractivity contribution < 1.29 is 4.79 Å². The molecule has 0 saturated carbocycles. The number of nitriles is 1. The van der Waals surface area contributed by atoms with Gasteiger partial charge in [-0.25, -0.2) is 0 Å². The normalized spacial score (nSPS) is 12.1. The molecule has 15 heavy (non-hydrogen) atoms. The first-order chi connectivity index (χ1) is 7.16. The third-order valence-electron chi connectivity index (χ3n) is 2.51. The topological polar surface area (TPSA) is 40.9 Å². The Bertz CT molecular complexity index is 362. The Morgan fingerprint density at radius 2 is 1.93 bits per heavy atom. The first-order valence-electron chi connectivity index (χ1n) is 5.13. The average molecular weight is 201 g/mol. The number of ketones is 1. The molecule has 0 aromatic heterocycles. The molecule has 1 aromatic rings. The zero-order valence-corrected chi connectivity index (χ0v) is 9.10. The third-order valence-corrected chi connectivity index (χ3v) is 2.51. The van der Waals surface area contributed by atoms with Crippen LogP contribution in [0.5, 0.6) is 0 Å². The van der Waals surface area contributed by atoms with Crippen molar-refractivity contribution in [1.82, 2.24) is 0 Å². The Balaban J connectivity index is 2.87. The molecule has 78 valence electrons. The van der Waals surface area contributed by atoms with Crippen LogP contribution in [0, 0.1) is 23.2 Å². The van der Waals surface area contributed by atoms with E-state index in [4.69, 9.17) is 5.26 Å². The van der Waals surface area contributed by atoms with Crippen molar-refractivity contribution in [1.29, 1.82) is 5.26 Å². The molecular formula is C13H15NO. The number of Topliss-reactive ketones (excluding diaryl/α,β-unsaturated/α-hetero) is 1. The summed E-state index contributed by atoms with van der Waals surface area (Å²) in [6.45, 7) is 3.95. The molecule has 0 N–H and O–H groups in total. The Morgan fingerprint density at radius 1 is 1.33 bits per heavy atom. The molecule has 2 nitrogen and oxygen atoms in total. The average Bonchev–Trinajstić information content (AvgIpc) is 2.26. The molecule has 0 amide bonds. The lowest BCUT2D eigenvalue weighted by molar-refractivity contribution is 0.0888. The van der Waals surface area contributed by atoms with Crippen LogP contribution in [0.25, 0.3) is 0 Å². The molecule has 0 saturated heterocycles. The highest BCUT2D eigenvalue weighted by atomic mass is 16.1. The van der Waals surface area contributed by atoms with Gasteiger partial charge in [0.1, 0.15) is 0 Å². The van der Waals surface area contributed by atoms with E-state index in [0.29, 0.717) is 12.0 Å². The Labute approximate surface area is 90.5 Å². The smallest absolute Gasteiger partial charge is 0.167 e. The molecular weight excluding hydrogens is 186 g/mol. The molecule has 0 aliphatic carbocycles. The molecule has 0 spiro atoms. The Kier molecular flexibility index (Phi) is 4.05. The van der Waals surface area contributed by atoms with Crippen molar-refractivity contribution in [2.45, 2.75) is 20.3 Å². The third kappa shape index (κ3) is 2.92. The van der Waals surface area contributed by atoms with E-state index >= 15 is 0 Å². The van der Waals surface area contributed by atoms with Gasteiger partial charge in [-0.15, -0.1) is 0 Å². The minimum absolute atomic E-state index is 0.0761. The summed E-state index contributed by atoms with van der Waals surface area (Å²) in [5.41, 5.74) is 0.700. The second-order valence-corrected chi connectivity index (χ2v) is 3.94. The summed E-state index contributed by atoms with van der Waals surface area (Å²) in [7, 11) is 0. The van der Waals surface area contributed by atoms with Crippen LogP contribution in [0.1, 0.15) is 30.6 Å². The molecule has 1 aromatic carbocycles. The molecule has 0 aliphatic heterocycles. The zero-order chi connectivity index (χ0) is 11.3. The number of hydrogen-bond donors (Lipinski definition) is 0. The highest BCUT2D eigenvalue weighted by molar-refractivity contribution is 5.98. The van der Waals surface area contributed by atoms with Gasteiger partial charge in [0.25, 0.3) is 0 Å². The molecule has 0 radical (unpaired) electrons. The van der Waals surface area contributed by atoms with Gasteiger partial charge >= 0.3 is 0 Å². The largest absolute Gasteiger partial charge is 0.294 e. The summed E-state index contributed by atoms with van der Waals surface area (Å²) >= 11 is 0. The molecule has 1 unspecified atom stereocenters. The van der Waals surface area contributed by atoms with Crippen molar-refractivity contribution >= 4 is 5.78 Å². The van der Waals surface area contributed by atoms with E-state index in [1.165, 1.54) is 0 Å². The number of carbonyl (C=O) groups is 1. The lowest BCUT2D eigenvalue weighted by atomic mass is 9.86. The Hall–Kier alpha value is -1.62. The summed E-state index contributed by atoms with van der Waals surface area (Å²) in [6, 6.07) is 11.2. The van der Waals surface area contributed by atoms with Gasteiger partial charge in [0.2, 0.25) is 0 Å². The van der Waals surface area contributed by atoms with Crippen LogP contribution in [-0.2, 0) is 0 Å². The van der Waals surface area contributed by atoms with Crippen molar-refractivity contribution in [3.63, 3.8) is 0 Å². The van der Waals surface area contributed by atoms with Gasteiger partial charge in [-0.05, 0) is 5.92 Å². The first-order valence-corrected chi connectivity index (χ1v) is 5.13. The SMILES string of the molecule is CC(C)C(CC#N)C(=O)c1ccccc1. The number of hydrogen-bond acceptors (Lipinski definition) is 2. The molecule has 1 atom stereocenters. The maximum atomic E-state index is 12.0. The summed E-state index contributed by atoms with van der Waals surface area (Å²) in [4.78, 5) is 12.0. The van der Waals surface area contributed by atoms with Crippen LogP contribution in [0.4, 0.5) is 0 Å². The van der Waals surface area contributed by atoms with E-state index in [1.807, 2.05) is 32.0 Å². The zero-order valence-electron chi connectivity index (χ0n) is 9.10. The minimum Gasteiger partial charge on any atom is -0.294 e. The minimum atomic E-state index is -0.183. The van der Waals surface area contributed by atoms with Gasteiger partial charge in [-0.1, -0.05) is 44.2 Å². The van der Waals surface area contributed by atoms with Crippen LogP contribution in [0.3, 0.4) is 0 Å². The Morgan fingerprint density at radius 3 is 2.40 bits per heavy atom. The van der Waals surface area contributed by atoms with Crippen LogP contribution in [-0.4, -0.2) is 5.78 Å². The lowest BCUT2D eigenvalue weighted by Crippen LogP contribution is -2.19. The fraction of sp³-hybridized carbons (Fsp3) is 0.385. The fourth-order valence-electron chi connectivity index (χ4n) is 1.55. The summed E-state index contributed by atoms with van der Waals surface area (Å²) in [5.74, 6) is 0.0990. The molecule has 0 heterocycles. The van der Waals surface area contributed by atoms with Crippen LogP contribution in [0.2, 0.25) is 0 Å². The number of nitrogens with zero attached hydrogens (tertiary/aromatic N) is 1. The van der Waals surface area contributed by atoms with Gasteiger partial charge < -0.3 is 0 Å². The fourth-order valence-corrected chi connectivity index (χ4v) is 1.55. The van der Waals surface area contributed by atoms with Crippen LogP contribution >= 0.6 is 0 Å². The van der Waals surface area contributed by atoms with Crippen molar-refractivity contribution in [3.05, 3.63) is 35.9 Å². The number of carbonyl (C=O) groups excluding carboxylic acids is 1. The van der Waals surface area contributed by atoms with Gasteiger partial charge in [0, 0.05) is 17.9 Å². The predicted octanol–water partition coefficient (Wildman–Crippen LogP) is 3.06. The van der Waals surface area contributed by atoms with E-state index in [2.05, 4.69) is 6.07 Å².